The lowest BCUT2D eigenvalue weighted by Crippen LogP contribution is -2.27. The molecule has 0 aliphatic heterocycles. The first-order valence-electron chi connectivity index (χ1n) is 5.97. The van der Waals surface area contributed by atoms with E-state index >= 15 is 0 Å². The standard InChI is InChI=1S/C14H18N2O3/c1-14(2,3)19-13(17)11(7-8-15)10-5-6-12(18-4)16-9-10/h5-6,9,11H,7H2,1-4H3. The maximum atomic E-state index is 12.1. The summed E-state index contributed by atoms with van der Waals surface area (Å²) in [5.41, 5.74) is 0.0709. The van der Waals surface area contributed by atoms with Crippen molar-refractivity contribution in [1.29, 1.82) is 5.26 Å². The van der Waals surface area contributed by atoms with Gasteiger partial charge in [0, 0.05) is 12.3 Å². The van der Waals surface area contributed by atoms with Gasteiger partial charge >= 0.3 is 5.97 Å². The summed E-state index contributed by atoms with van der Waals surface area (Å²) >= 11 is 0. The van der Waals surface area contributed by atoms with Crippen LogP contribution in [0.15, 0.2) is 18.3 Å². The van der Waals surface area contributed by atoms with Crippen molar-refractivity contribution in [3.8, 4) is 11.9 Å². The molecule has 0 saturated carbocycles. The van der Waals surface area contributed by atoms with Gasteiger partial charge in [0.1, 0.15) is 5.60 Å². The van der Waals surface area contributed by atoms with Gasteiger partial charge < -0.3 is 9.47 Å². The van der Waals surface area contributed by atoms with Crippen molar-refractivity contribution in [2.75, 3.05) is 7.11 Å². The molecule has 0 amide bonds. The van der Waals surface area contributed by atoms with E-state index in [1.165, 1.54) is 13.3 Å². The summed E-state index contributed by atoms with van der Waals surface area (Å²) in [4.78, 5) is 16.1. The first-order chi connectivity index (χ1) is 8.87. The molecule has 5 heteroatoms. The van der Waals surface area contributed by atoms with Crippen molar-refractivity contribution in [2.45, 2.75) is 38.7 Å². The minimum Gasteiger partial charge on any atom is -0.481 e. The van der Waals surface area contributed by atoms with Gasteiger partial charge in [-0.3, -0.25) is 4.79 Å². The summed E-state index contributed by atoms with van der Waals surface area (Å²) < 4.78 is 10.3. The van der Waals surface area contributed by atoms with Crippen LogP contribution in [0.2, 0.25) is 0 Å². The average molecular weight is 262 g/mol. The van der Waals surface area contributed by atoms with E-state index in [1.54, 1.807) is 32.9 Å². The molecule has 1 unspecified atom stereocenters. The molecular formula is C14H18N2O3. The summed E-state index contributed by atoms with van der Waals surface area (Å²) in [5.74, 6) is -0.577. The van der Waals surface area contributed by atoms with Crippen LogP contribution in [0.1, 0.15) is 38.7 Å². The molecule has 5 nitrogen and oxygen atoms in total. The minimum absolute atomic E-state index is 0.0585. The minimum atomic E-state index is -0.623. The number of nitriles is 1. The molecule has 0 N–H and O–H groups in total. The second kappa shape index (κ2) is 6.19. The Kier molecular flexibility index (Phi) is 4.87. The molecule has 0 saturated heterocycles. The smallest absolute Gasteiger partial charge is 0.315 e. The van der Waals surface area contributed by atoms with Gasteiger partial charge in [0.25, 0.3) is 0 Å². The van der Waals surface area contributed by atoms with E-state index in [0.717, 1.165) is 0 Å². The van der Waals surface area contributed by atoms with Crippen molar-refractivity contribution in [2.24, 2.45) is 0 Å². The van der Waals surface area contributed by atoms with Crippen molar-refractivity contribution >= 4 is 5.97 Å². The average Bonchev–Trinajstić information content (AvgIpc) is 2.34. The van der Waals surface area contributed by atoms with Crippen LogP contribution in [0.4, 0.5) is 0 Å². The summed E-state index contributed by atoms with van der Waals surface area (Å²) in [6, 6.07) is 5.38. The molecule has 0 fully saturated rings. The van der Waals surface area contributed by atoms with Crippen molar-refractivity contribution < 1.29 is 14.3 Å². The fraction of sp³-hybridized carbons (Fsp3) is 0.500. The Morgan fingerprint density at radius 2 is 2.16 bits per heavy atom. The molecule has 1 aromatic heterocycles. The Hall–Kier alpha value is -2.09. The molecule has 1 aromatic rings. The van der Waals surface area contributed by atoms with E-state index in [9.17, 15) is 4.79 Å². The Balaban J connectivity index is 2.93. The molecular weight excluding hydrogens is 244 g/mol. The number of carbonyl (C=O) groups is 1. The Bertz CT molecular complexity index is 469. The fourth-order valence-corrected chi connectivity index (χ4v) is 1.52. The lowest BCUT2D eigenvalue weighted by molar-refractivity contribution is -0.156. The third-order valence-electron chi connectivity index (χ3n) is 2.36. The van der Waals surface area contributed by atoms with Crippen LogP contribution >= 0.6 is 0 Å². The lowest BCUT2D eigenvalue weighted by atomic mass is 9.98. The Morgan fingerprint density at radius 1 is 1.47 bits per heavy atom. The molecule has 1 rings (SSSR count). The van der Waals surface area contributed by atoms with Crippen molar-refractivity contribution in [1.82, 2.24) is 4.98 Å². The van der Waals surface area contributed by atoms with E-state index in [1.807, 2.05) is 6.07 Å². The molecule has 19 heavy (non-hydrogen) atoms. The molecule has 0 aromatic carbocycles. The van der Waals surface area contributed by atoms with Crippen LogP contribution in [0.5, 0.6) is 5.88 Å². The first kappa shape index (κ1) is 15.0. The summed E-state index contributed by atoms with van der Waals surface area (Å²) in [6.07, 6.45) is 1.59. The van der Waals surface area contributed by atoms with Crippen molar-refractivity contribution in [3.05, 3.63) is 23.9 Å². The highest BCUT2D eigenvalue weighted by molar-refractivity contribution is 5.78. The fourth-order valence-electron chi connectivity index (χ4n) is 1.52. The normalized spacial score (nSPS) is 12.4. The maximum absolute atomic E-state index is 12.1. The van der Waals surface area contributed by atoms with Gasteiger partial charge in [0.2, 0.25) is 5.88 Å². The quantitative estimate of drug-likeness (QED) is 0.779. The van der Waals surface area contributed by atoms with Gasteiger partial charge in [-0.25, -0.2) is 4.98 Å². The Morgan fingerprint density at radius 3 is 2.58 bits per heavy atom. The van der Waals surface area contributed by atoms with Gasteiger partial charge in [-0.1, -0.05) is 6.07 Å². The van der Waals surface area contributed by atoms with E-state index in [0.29, 0.717) is 11.4 Å². The lowest BCUT2D eigenvalue weighted by Gasteiger charge is -2.23. The zero-order chi connectivity index (χ0) is 14.5. The molecule has 0 bridgehead atoms. The van der Waals surface area contributed by atoms with Gasteiger partial charge in [0.15, 0.2) is 0 Å². The van der Waals surface area contributed by atoms with E-state index in [-0.39, 0.29) is 6.42 Å². The maximum Gasteiger partial charge on any atom is 0.315 e. The topological polar surface area (TPSA) is 72.2 Å². The van der Waals surface area contributed by atoms with Crippen LogP contribution < -0.4 is 4.74 Å². The van der Waals surface area contributed by atoms with Gasteiger partial charge in [-0.2, -0.15) is 5.26 Å². The van der Waals surface area contributed by atoms with Gasteiger partial charge in [0.05, 0.1) is 25.5 Å². The highest BCUT2D eigenvalue weighted by atomic mass is 16.6. The zero-order valence-electron chi connectivity index (χ0n) is 11.6. The number of nitrogens with zero attached hydrogens (tertiary/aromatic N) is 2. The Labute approximate surface area is 113 Å². The number of hydrogen-bond acceptors (Lipinski definition) is 5. The SMILES string of the molecule is COc1ccc(C(CC#N)C(=O)OC(C)(C)C)cn1. The largest absolute Gasteiger partial charge is 0.481 e. The second-order valence-corrected chi connectivity index (χ2v) is 5.08. The molecule has 0 spiro atoms. The number of esters is 1. The van der Waals surface area contributed by atoms with E-state index in [4.69, 9.17) is 14.7 Å². The van der Waals surface area contributed by atoms with E-state index in [2.05, 4.69) is 4.98 Å². The number of hydrogen-bond donors (Lipinski definition) is 0. The summed E-state index contributed by atoms with van der Waals surface area (Å²) in [6.45, 7) is 5.38. The summed E-state index contributed by atoms with van der Waals surface area (Å²) in [7, 11) is 1.52. The van der Waals surface area contributed by atoms with Gasteiger partial charge in [-0.05, 0) is 26.3 Å². The number of ether oxygens (including phenoxy) is 2. The molecule has 0 radical (unpaired) electrons. The number of aromatic nitrogens is 1. The van der Waals surface area contributed by atoms with Crippen molar-refractivity contribution in [3.63, 3.8) is 0 Å². The molecule has 102 valence electrons. The molecule has 0 aliphatic rings. The number of pyridine rings is 1. The third-order valence-corrected chi connectivity index (χ3v) is 2.36. The molecule has 0 aliphatic carbocycles. The highest BCUT2D eigenvalue weighted by Crippen LogP contribution is 2.24. The molecule has 1 atom stereocenters. The van der Waals surface area contributed by atoms with E-state index < -0.39 is 17.5 Å². The predicted octanol–water partition coefficient (Wildman–Crippen LogP) is 2.43. The van der Waals surface area contributed by atoms with Crippen LogP contribution in [-0.2, 0) is 9.53 Å². The third kappa shape index (κ3) is 4.59. The number of rotatable bonds is 4. The van der Waals surface area contributed by atoms with Crippen LogP contribution in [-0.4, -0.2) is 23.7 Å². The highest BCUT2D eigenvalue weighted by Gasteiger charge is 2.26. The zero-order valence-corrected chi connectivity index (χ0v) is 11.6. The number of carbonyl (C=O) groups excluding carboxylic acids is 1. The predicted molar refractivity (Wildman–Crippen MR) is 69.6 cm³/mol. The monoisotopic (exact) mass is 262 g/mol. The van der Waals surface area contributed by atoms with Crippen LogP contribution in [0.3, 0.4) is 0 Å². The van der Waals surface area contributed by atoms with Crippen LogP contribution in [0, 0.1) is 11.3 Å². The number of methoxy groups -OCH3 is 1. The first-order valence-corrected chi connectivity index (χ1v) is 5.97. The summed E-state index contributed by atoms with van der Waals surface area (Å²) in [5, 5.41) is 8.84. The van der Waals surface area contributed by atoms with Crippen LogP contribution in [0.25, 0.3) is 0 Å². The van der Waals surface area contributed by atoms with Gasteiger partial charge in [-0.15, -0.1) is 0 Å². The molecule has 1 heterocycles. The second-order valence-electron chi connectivity index (χ2n) is 5.08.